The zero-order chi connectivity index (χ0) is 24.0. The molecule has 176 valence electrons. The monoisotopic (exact) mass is 479 g/mol. The number of rotatable bonds is 4. The second-order valence-electron chi connectivity index (χ2n) is 8.73. The number of fused-ring (bicyclic) bond motifs is 2. The van der Waals surface area contributed by atoms with E-state index in [4.69, 9.17) is 9.47 Å². The molecule has 2 aliphatic rings. The number of hydrogen-bond donors (Lipinski definition) is 1. The summed E-state index contributed by atoms with van der Waals surface area (Å²) in [5, 5.41) is 11.6. The number of benzene rings is 2. The van der Waals surface area contributed by atoms with Gasteiger partial charge in [0.15, 0.2) is 28.6 Å². The summed E-state index contributed by atoms with van der Waals surface area (Å²) in [6, 6.07) is 14.8. The fourth-order valence-corrected chi connectivity index (χ4v) is 4.95. The number of amides is 2. The topological polar surface area (TPSA) is 98.6 Å². The highest BCUT2D eigenvalue weighted by Gasteiger charge is 2.45. The first-order chi connectivity index (χ1) is 16.3. The van der Waals surface area contributed by atoms with E-state index in [1.807, 2.05) is 61.0 Å². The number of nitrogens with zero attached hydrogens (tertiary/aromatic N) is 4. The molecule has 0 spiro atoms. The van der Waals surface area contributed by atoms with Gasteiger partial charge in [-0.1, -0.05) is 36.0 Å². The maximum absolute atomic E-state index is 13.6. The predicted molar refractivity (Wildman–Crippen MR) is 128 cm³/mol. The van der Waals surface area contributed by atoms with Crippen molar-refractivity contribution in [3.05, 3.63) is 54.4 Å². The lowest BCUT2D eigenvalue weighted by molar-refractivity contribution is -0.126. The molecule has 0 saturated heterocycles. The second kappa shape index (κ2) is 8.35. The predicted octanol–water partition coefficient (Wildman–Crippen LogP) is 3.57. The molecule has 2 amide bonds. The molecule has 3 heterocycles. The summed E-state index contributed by atoms with van der Waals surface area (Å²) in [7, 11) is 1.84. The molecule has 10 heteroatoms. The normalized spacial score (nSPS) is 19.2. The molecule has 5 rings (SSSR count). The molecule has 2 aliphatic heterocycles. The molecule has 2 aromatic carbocycles. The van der Waals surface area contributed by atoms with E-state index in [0.29, 0.717) is 40.5 Å². The van der Waals surface area contributed by atoms with Gasteiger partial charge in [0.2, 0.25) is 11.8 Å². The van der Waals surface area contributed by atoms with Gasteiger partial charge in [0.25, 0.3) is 0 Å². The SMILES string of the molecule is C[C@H](Sc1nnc([C@@H]2COc3ccccc3O2)n1C)C(=O)N1c2ccccc2NC(=O)C1(C)C. The maximum atomic E-state index is 13.6. The molecule has 0 radical (unpaired) electrons. The number of anilines is 2. The van der Waals surface area contributed by atoms with Gasteiger partial charge in [0, 0.05) is 7.05 Å². The molecule has 0 bridgehead atoms. The van der Waals surface area contributed by atoms with Gasteiger partial charge < -0.3 is 19.4 Å². The van der Waals surface area contributed by atoms with Crippen molar-refractivity contribution in [2.24, 2.45) is 7.05 Å². The third-order valence-electron chi connectivity index (χ3n) is 6.02. The van der Waals surface area contributed by atoms with Crippen molar-refractivity contribution in [2.75, 3.05) is 16.8 Å². The highest BCUT2D eigenvalue weighted by molar-refractivity contribution is 8.00. The zero-order valence-corrected chi connectivity index (χ0v) is 20.1. The smallest absolute Gasteiger partial charge is 0.250 e. The van der Waals surface area contributed by atoms with Gasteiger partial charge in [-0.2, -0.15) is 0 Å². The highest BCUT2D eigenvalue weighted by atomic mass is 32.2. The molecule has 3 aromatic rings. The summed E-state index contributed by atoms with van der Waals surface area (Å²) in [5.41, 5.74) is 0.258. The van der Waals surface area contributed by atoms with Gasteiger partial charge in [-0.25, -0.2) is 0 Å². The molecule has 0 fully saturated rings. The Hall–Kier alpha value is -3.53. The van der Waals surface area contributed by atoms with E-state index < -0.39 is 16.9 Å². The number of carbonyl (C=O) groups is 2. The van der Waals surface area contributed by atoms with Gasteiger partial charge in [-0.15, -0.1) is 10.2 Å². The van der Waals surface area contributed by atoms with Crippen molar-refractivity contribution < 1.29 is 19.1 Å². The molecule has 0 unspecified atom stereocenters. The lowest BCUT2D eigenvalue weighted by Crippen LogP contribution is -2.60. The molecular weight excluding hydrogens is 454 g/mol. The van der Waals surface area contributed by atoms with Crippen LogP contribution < -0.4 is 19.7 Å². The summed E-state index contributed by atoms with van der Waals surface area (Å²) in [6.45, 7) is 5.61. The van der Waals surface area contributed by atoms with Gasteiger partial charge >= 0.3 is 0 Å². The highest BCUT2D eigenvalue weighted by Crippen LogP contribution is 2.39. The van der Waals surface area contributed by atoms with Crippen molar-refractivity contribution in [1.82, 2.24) is 14.8 Å². The summed E-state index contributed by atoms with van der Waals surface area (Å²) < 4.78 is 13.7. The molecule has 2 atom stereocenters. The lowest BCUT2D eigenvalue weighted by Gasteiger charge is -2.43. The Morgan fingerprint density at radius 2 is 1.85 bits per heavy atom. The minimum absolute atomic E-state index is 0.187. The van der Waals surface area contributed by atoms with Gasteiger partial charge in [-0.05, 0) is 45.0 Å². The van der Waals surface area contributed by atoms with E-state index in [2.05, 4.69) is 15.5 Å². The van der Waals surface area contributed by atoms with Crippen LogP contribution in [-0.4, -0.2) is 44.0 Å². The average Bonchev–Trinajstić information content (AvgIpc) is 3.19. The third kappa shape index (κ3) is 3.67. The van der Waals surface area contributed by atoms with Crippen LogP contribution in [-0.2, 0) is 16.6 Å². The minimum Gasteiger partial charge on any atom is -0.485 e. The van der Waals surface area contributed by atoms with Crippen LogP contribution in [0.25, 0.3) is 0 Å². The number of para-hydroxylation sites is 4. The van der Waals surface area contributed by atoms with E-state index in [9.17, 15) is 9.59 Å². The summed E-state index contributed by atoms with van der Waals surface area (Å²) >= 11 is 1.29. The minimum atomic E-state index is -1.04. The molecule has 34 heavy (non-hydrogen) atoms. The van der Waals surface area contributed by atoms with Crippen molar-refractivity contribution in [3.8, 4) is 11.5 Å². The lowest BCUT2D eigenvalue weighted by atomic mass is 9.96. The maximum Gasteiger partial charge on any atom is 0.250 e. The van der Waals surface area contributed by atoms with Crippen LogP contribution in [0.5, 0.6) is 11.5 Å². The van der Waals surface area contributed by atoms with Crippen LogP contribution >= 0.6 is 11.8 Å². The quantitative estimate of drug-likeness (QED) is 0.571. The first-order valence-electron chi connectivity index (χ1n) is 11.0. The Morgan fingerprint density at radius 3 is 2.65 bits per heavy atom. The van der Waals surface area contributed by atoms with Crippen molar-refractivity contribution >= 4 is 35.0 Å². The van der Waals surface area contributed by atoms with Crippen LogP contribution in [0.15, 0.2) is 53.7 Å². The fraction of sp³-hybridized carbons (Fsp3) is 0.333. The van der Waals surface area contributed by atoms with Crippen LogP contribution in [0.4, 0.5) is 11.4 Å². The number of thioether (sulfide) groups is 1. The average molecular weight is 480 g/mol. The van der Waals surface area contributed by atoms with E-state index >= 15 is 0 Å². The zero-order valence-electron chi connectivity index (χ0n) is 19.3. The third-order valence-corrected chi connectivity index (χ3v) is 7.14. The van der Waals surface area contributed by atoms with Crippen molar-refractivity contribution in [1.29, 1.82) is 0 Å². The van der Waals surface area contributed by atoms with Crippen molar-refractivity contribution in [3.63, 3.8) is 0 Å². The summed E-state index contributed by atoms with van der Waals surface area (Å²) in [4.78, 5) is 27.9. The van der Waals surface area contributed by atoms with Gasteiger partial charge in [-0.3, -0.25) is 14.5 Å². The Kier molecular flexibility index (Phi) is 5.47. The molecule has 0 aliphatic carbocycles. The molecule has 1 aromatic heterocycles. The second-order valence-corrected chi connectivity index (χ2v) is 10.0. The number of aromatic nitrogens is 3. The number of carbonyl (C=O) groups excluding carboxylic acids is 2. The standard InChI is InChI=1S/C24H25N5O4S/c1-14(21(30)29-16-10-6-5-9-15(16)25-22(31)24(29,2)3)34-23-27-26-20(28(23)4)19-13-32-17-11-7-8-12-18(17)33-19/h5-12,14,19H,13H2,1-4H3,(H,25,31)/t14-,19-/m0/s1. The largest absolute Gasteiger partial charge is 0.485 e. The van der Waals surface area contributed by atoms with Crippen LogP contribution in [0, 0.1) is 0 Å². The van der Waals surface area contributed by atoms with Crippen LogP contribution in [0.2, 0.25) is 0 Å². The summed E-state index contributed by atoms with van der Waals surface area (Å²) in [5.74, 6) is 1.55. The van der Waals surface area contributed by atoms with E-state index in [1.165, 1.54) is 11.8 Å². The number of nitrogens with one attached hydrogen (secondary N) is 1. The first-order valence-corrected chi connectivity index (χ1v) is 11.8. The van der Waals surface area contributed by atoms with E-state index in [-0.39, 0.29) is 11.8 Å². The Balaban J connectivity index is 1.36. The number of hydrogen-bond acceptors (Lipinski definition) is 7. The fourth-order valence-electron chi connectivity index (χ4n) is 4.09. The molecule has 1 N–H and O–H groups in total. The van der Waals surface area contributed by atoms with Gasteiger partial charge in [0.05, 0.1) is 16.6 Å². The van der Waals surface area contributed by atoms with E-state index in [0.717, 1.165) is 0 Å². The summed E-state index contributed by atoms with van der Waals surface area (Å²) in [6.07, 6.45) is -0.413. The Morgan fingerprint density at radius 1 is 1.15 bits per heavy atom. The van der Waals surface area contributed by atoms with Gasteiger partial charge in [0.1, 0.15) is 12.1 Å². The number of ether oxygens (including phenoxy) is 2. The molecule has 0 saturated carbocycles. The van der Waals surface area contributed by atoms with E-state index in [1.54, 1.807) is 24.8 Å². The Bertz CT molecular complexity index is 1270. The molecular formula is C24H25N5O4S. The van der Waals surface area contributed by atoms with Crippen molar-refractivity contribution in [2.45, 2.75) is 42.8 Å². The Labute approximate surface area is 201 Å². The van der Waals surface area contributed by atoms with Crippen LogP contribution in [0.3, 0.4) is 0 Å². The molecule has 9 nitrogen and oxygen atoms in total. The van der Waals surface area contributed by atoms with Crippen LogP contribution in [0.1, 0.15) is 32.7 Å². The first kappa shape index (κ1) is 22.3.